The zero-order valence-electron chi connectivity index (χ0n) is 13.4. The molecule has 0 atom stereocenters. The Hall–Kier alpha value is -2.63. The van der Waals surface area contributed by atoms with Crippen molar-refractivity contribution in [2.45, 2.75) is 19.8 Å². The van der Waals surface area contributed by atoms with E-state index in [-0.39, 0.29) is 17.3 Å². The average Bonchev–Trinajstić information content (AvgIpc) is 2.52. The monoisotopic (exact) mass is 317 g/mol. The topological polar surface area (TPSA) is 76.8 Å². The van der Waals surface area contributed by atoms with E-state index in [4.69, 9.17) is 4.42 Å². The van der Waals surface area contributed by atoms with Crippen LogP contribution in [0.15, 0.2) is 33.5 Å². The lowest BCUT2D eigenvalue weighted by Gasteiger charge is -2.19. The van der Waals surface area contributed by atoms with Crippen molar-refractivity contribution in [3.05, 3.63) is 40.2 Å². The van der Waals surface area contributed by atoms with E-state index < -0.39 is 5.63 Å². The molecule has 0 aliphatic heterocycles. The minimum absolute atomic E-state index is 0.0525. The summed E-state index contributed by atoms with van der Waals surface area (Å²) in [6.07, 6.45) is 1.01. The van der Waals surface area contributed by atoms with Crippen molar-refractivity contribution >= 4 is 28.4 Å². The Morgan fingerprint density at radius 2 is 2.00 bits per heavy atom. The largest absolute Gasteiger partial charge is 0.469 e. The molecule has 0 N–H and O–H groups in total. The highest BCUT2D eigenvalue weighted by atomic mass is 16.5. The van der Waals surface area contributed by atoms with Gasteiger partial charge in [0.1, 0.15) is 11.1 Å². The fourth-order valence-electron chi connectivity index (χ4n) is 2.27. The molecule has 1 heterocycles. The first-order valence-electron chi connectivity index (χ1n) is 7.29. The highest BCUT2D eigenvalue weighted by Gasteiger charge is 2.11. The fraction of sp³-hybridized carbons (Fsp3) is 0.353. The minimum atomic E-state index is -0.629. The van der Waals surface area contributed by atoms with Crippen LogP contribution >= 0.6 is 0 Å². The SMILES string of the molecule is COC(=O)CCCN(C)c1ccc2cc(C(C)=O)c(=O)oc2c1. The zero-order chi connectivity index (χ0) is 17.0. The number of anilines is 1. The molecule has 2 aromatic rings. The predicted molar refractivity (Wildman–Crippen MR) is 87.0 cm³/mol. The highest BCUT2D eigenvalue weighted by Crippen LogP contribution is 2.21. The molecule has 6 heteroatoms. The van der Waals surface area contributed by atoms with Crippen LogP contribution in [-0.4, -0.2) is 32.5 Å². The van der Waals surface area contributed by atoms with Crippen LogP contribution < -0.4 is 10.5 Å². The molecule has 1 aromatic carbocycles. The van der Waals surface area contributed by atoms with Gasteiger partial charge < -0.3 is 14.1 Å². The van der Waals surface area contributed by atoms with Crippen molar-refractivity contribution in [1.82, 2.24) is 0 Å². The number of benzene rings is 1. The van der Waals surface area contributed by atoms with E-state index in [2.05, 4.69) is 4.74 Å². The minimum Gasteiger partial charge on any atom is -0.469 e. The number of methoxy groups -OCH3 is 1. The molecule has 0 amide bonds. The summed E-state index contributed by atoms with van der Waals surface area (Å²) >= 11 is 0. The number of nitrogens with zero attached hydrogens (tertiary/aromatic N) is 1. The predicted octanol–water partition coefficient (Wildman–Crippen LogP) is 2.39. The normalized spacial score (nSPS) is 10.6. The lowest BCUT2D eigenvalue weighted by molar-refractivity contribution is -0.140. The Labute approximate surface area is 133 Å². The van der Waals surface area contributed by atoms with Gasteiger partial charge >= 0.3 is 11.6 Å². The number of ketones is 1. The van der Waals surface area contributed by atoms with Crippen LogP contribution in [0.4, 0.5) is 5.69 Å². The molecule has 23 heavy (non-hydrogen) atoms. The Kier molecular flexibility index (Phi) is 5.16. The number of ether oxygens (including phenoxy) is 1. The smallest absolute Gasteiger partial charge is 0.347 e. The molecule has 0 aliphatic carbocycles. The number of rotatable bonds is 6. The van der Waals surface area contributed by atoms with Gasteiger partial charge in [0.2, 0.25) is 0 Å². The van der Waals surface area contributed by atoms with Crippen LogP contribution in [0, 0.1) is 0 Å². The van der Waals surface area contributed by atoms with Crippen molar-refractivity contribution in [3.8, 4) is 0 Å². The maximum absolute atomic E-state index is 11.8. The summed E-state index contributed by atoms with van der Waals surface area (Å²) in [5.74, 6) is -0.552. The summed E-state index contributed by atoms with van der Waals surface area (Å²) in [6.45, 7) is 2.00. The molecular formula is C17H19NO5. The number of carbonyl (C=O) groups is 2. The molecule has 122 valence electrons. The standard InChI is InChI=1S/C17H19NO5/c1-11(19)14-9-12-6-7-13(10-15(12)23-17(14)21)18(2)8-4-5-16(20)22-3/h6-7,9-10H,4-5,8H2,1-3H3. The maximum Gasteiger partial charge on any atom is 0.347 e. The van der Waals surface area contributed by atoms with Crippen LogP contribution in [0.1, 0.15) is 30.1 Å². The van der Waals surface area contributed by atoms with E-state index in [1.54, 1.807) is 18.2 Å². The molecule has 0 unspecified atom stereocenters. The quantitative estimate of drug-likeness (QED) is 0.462. The number of hydrogen-bond acceptors (Lipinski definition) is 6. The molecule has 0 bridgehead atoms. The third-order valence-electron chi connectivity index (χ3n) is 3.64. The molecule has 2 rings (SSSR count). The second-order valence-corrected chi connectivity index (χ2v) is 5.33. The molecule has 0 aliphatic rings. The molecule has 0 fully saturated rings. The Morgan fingerprint density at radius 3 is 2.65 bits per heavy atom. The number of carbonyl (C=O) groups excluding carboxylic acids is 2. The second kappa shape index (κ2) is 7.09. The van der Waals surface area contributed by atoms with Crippen molar-refractivity contribution in [2.24, 2.45) is 0 Å². The van der Waals surface area contributed by atoms with Gasteiger partial charge in [-0.3, -0.25) is 9.59 Å². The summed E-state index contributed by atoms with van der Waals surface area (Å²) in [4.78, 5) is 36.2. The summed E-state index contributed by atoms with van der Waals surface area (Å²) in [7, 11) is 3.26. The van der Waals surface area contributed by atoms with Crippen LogP contribution in [0.25, 0.3) is 11.0 Å². The molecule has 0 radical (unpaired) electrons. The van der Waals surface area contributed by atoms with Gasteiger partial charge in [-0.25, -0.2) is 4.79 Å². The number of fused-ring (bicyclic) bond motifs is 1. The molecule has 1 aromatic heterocycles. The van der Waals surface area contributed by atoms with Gasteiger partial charge in [0.05, 0.1) is 7.11 Å². The summed E-state index contributed by atoms with van der Waals surface area (Å²) < 4.78 is 9.83. The molecule has 0 spiro atoms. The van der Waals surface area contributed by atoms with Crippen LogP contribution in [0.5, 0.6) is 0 Å². The first-order valence-corrected chi connectivity index (χ1v) is 7.29. The first-order chi connectivity index (χ1) is 10.9. The van der Waals surface area contributed by atoms with Crippen LogP contribution in [0.3, 0.4) is 0 Å². The van der Waals surface area contributed by atoms with Crippen molar-refractivity contribution in [3.63, 3.8) is 0 Å². The fourth-order valence-corrected chi connectivity index (χ4v) is 2.27. The third-order valence-corrected chi connectivity index (χ3v) is 3.64. The second-order valence-electron chi connectivity index (χ2n) is 5.33. The number of Topliss-reactive ketones (excluding diaryl/α,β-unsaturated/α-hetero) is 1. The molecule has 6 nitrogen and oxygen atoms in total. The molecular weight excluding hydrogens is 298 g/mol. The number of hydrogen-bond donors (Lipinski definition) is 0. The summed E-state index contributed by atoms with van der Waals surface area (Å²) in [6, 6.07) is 6.98. The molecule has 0 saturated carbocycles. The lowest BCUT2D eigenvalue weighted by atomic mass is 10.1. The van der Waals surface area contributed by atoms with Gasteiger partial charge in [-0.2, -0.15) is 0 Å². The van der Waals surface area contributed by atoms with Gasteiger partial charge in [0, 0.05) is 37.2 Å². The van der Waals surface area contributed by atoms with Crippen molar-refractivity contribution in [1.29, 1.82) is 0 Å². The van der Waals surface area contributed by atoms with Gasteiger partial charge in [-0.15, -0.1) is 0 Å². The van der Waals surface area contributed by atoms with E-state index in [0.717, 1.165) is 5.69 Å². The Morgan fingerprint density at radius 1 is 1.26 bits per heavy atom. The lowest BCUT2D eigenvalue weighted by Crippen LogP contribution is -2.19. The Balaban J connectivity index is 2.19. The van der Waals surface area contributed by atoms with Crippen molar-refractivity contribution < 1.29 is 18.7 Å². The Bertz CT molecular complexity index is 793. The maximum atomic E-state index is 11.8. The first kappa shape index (κ1) is 16.7. The van der Waals surface area contributed by atoms with E-state index in [1.165, 1.54) is 14.0 Å². The van der Waals surface area contributed by atoms with Gasteiger partial charge in [0.25, 0.3) is 0 Å². The molecule has 0 saturated heterocycles. The third kappa shape index (κ3) is 3.97. The van der Waals surface area contributed by atoms with E-state index >= 15 is 0 Å². The van der Waals surface area contributed by atoms with Gasteiger partial charge in [-0.1, -0.05) is 0 Å². The highest BCUT2D eigenvalue weighted by molar-refractivity contribution is 5.96. The van der Waals surface area contributed by atoms with Crippen LogP contribution in [-0.2, 0) is 9.53 Å². The zero-order valence-corrected chi connectivity index (χ0v) is 13.4. The van der Waals surface area contributed by atoms with Crippen molar-refractivity contribution in [2.75, 3.05) is 25.6 Å². The average molecular weight is 317 g/mol. The van der Waals surface area contributed by atoms with Gasteiger partial charge in [0.15, 0.2) is 5.78 Å². The summed E-state index contributed by atoms with van der Waals surface area (Å²) in [5, 5.41) is 0.696. The summed E-state index contributed by atoms with van der Waals surface area (Å²) in [5.41, 5.74) is 0.714. The van der Waals surface area contributed by atoms with Gasteiger partial charge in [-0.05, 0) is 31.5 Å². The number of esters is 1. The van der Waals surface area contributed by atoms with E-state index in [0.29, 0.717) is 30.4 Å². The van der Waals surface area contributed by atoms with E-state index in [9.17, 15) is 14.4 Å². The van der Waals surface area contributed by atoms with E-state index in [1.807, 2.05) is 18.0 Å². The van der Waals surface area contributed by atoms with Crippen LogP contribution in [0.2, 0.25) is 0 Å².